The van der Waals surface area contributed by atoms with Crippen molar-refractivity contribution in [3.05, 3.63) is 34.6 Å². The molecule has 0 amide bonds. The number of anilines is 1. The summed E-state index contributed by atoms with van der Waals surface area (Å²) in [6, 6.07) is 4.03. The van der Waals surface area contributed by atoms with Gasteiger partial charge in [-0.1, -0.05) is 6.07 Å². The van der Waals surface area contributed by atoms with Crippen LogP contribution in [-0.2, 0) is 6.42 Å². The molecule has 6 heteroatoms. The van der Waals surface area contributed by atoms with Gasteiger partial charge in [0.05, 0.1) is 6.42 Å². The number of nitrogens with zero attached hydrogens (tertiary/aromatic N) is 3. The zero-order chi connectivity index (χ0) is 11.0. The molecule has 3 rings (SSSR count). The molecule has 0 radical (unpaired) electrons. The third-order valence-electron chi connectivity index (χ3n) is 2.17. The second kappa shape index (κ2) is 3.57. The number of rotatable bonds is 2. The fourth-order valence-electron chi connectivity index (χ4n) is 1.45. The molecular formula is C10H8N4OS. The number of thiophene rings is 1. The van der Waals surface area contributed by atoms with Crippen molar-refractivity contribution in [2.24, 2.45) is 0 Å². The van der Waals surface area contributed by atoms with Crippen LogP contribution in [0.25, 0.3) is 11.2 Å². The Morgan fingerprint density at radius 3 is 3.06 bits per heavy atom. The lowest BCUT2D eigenvalue weighted by Gasteiger charge is -1.88. The Kier molecular flexibility index (Phi) is 2.07. The molecule has 0 aliphatic heterocycles. The molecule has 0 aromatic carbocycles. The van der Waals surface area contributed by atoms with E-state index in [0.29, 0.717) is 29.4 Å². The molecule has 3 heterocycles. The third-order valence-corrected chi connectivity index (χ3v) is 3.05. The van der Waals surface area contributed by atoms with Gasteiger partial charge in [0.25, 0.3) is 5.71 Å². The molecule has 16 heavy (non-hydrogen) atoms. The van der Waals surface area contributed by atoms with Crippen LogP contribution in [0.3, 0.4) is 0 Å². The highest BCUT2D eigenvalue weighted by Crippen LogP contribution is 2.20. The van der Waals surface area contributed by atoms with Gasteiger partial charge in [-0.2, -0.15) is 4.98 Å². The van der Waals surface area contributed by atoms with E-state index in [1.54, 1.807) is 11.3 Å². The minimum Gasteiger partial charge on any atom is -0.422 e. The Balaban J connectivity index is 2.02. The number of nitrogen functional groups attached to an aromatic ring is 1. The van der Waals surface area contributed by atoms with Crippen LogP contribution in [0, 0.1) is 0 Å². The Bertz CT molecular complexity index is 617. The van der Waals surface area contributed by atoms with E-state index in [4.69, 9.17) is 10.2 Å². The van der Waals surface area contributed by atoms with E-state index < -0.39 is 0 Å². The molecular weight excluding hydrogens is 224 g/mol. The summed E-state index contributed by atoms with van der Waals surface area (Å²) < 4.78 is 5.49. The molecule has 80 valence electrons. The first-order valence-corrected chi connectivity index (χ1v) is 5.59. The average molecular weight is 232 g/mol. The molecule has 0 spiro atoms. The number of oxazole rings is 1. The van der Waals surface area contributed by atoms with E-state index in [1.807, 2.05) is 17.5 Å². The van der Waals surface area contributed by atoms with Gasteiger partial charge < -0.3 is 10.2 Å². The molecule has 3 aromatic heterocycles. The zero-order valence-electron chi connectivity index (χ0n) is 8.25. The Labute approximate surface area is 95.0 Å². The zero-order valence-corrected chi connectivity index (χ0v) is 9.07. The summed E-state index contributed by atoms with van der Waals surface area (Å²) in [7, 11) is 0. The first-order chi connectivity index (χ1) is 7.83. The second-order valence-electron chi connectivity index (χ2n) is 3.28. The van der Waals surface area contributed by atoms with Gasteiger partial charge in [-0.3, -0.25) is 0 Å². The second-order valence-corrected chi connectivity index (χ2v) is 4.31. The normalized spacial score (nSPS) is 11.0. The first kappa shape index (κ1) is 9.29. The van der Waals surface area contributed by atoms with Crippen molar-refractivity contribution in [3.63, 3.8) is 0 Å². The summed E-state index contributed by atoms with van der Waals surface area (Å²) in [5, 5.41) is 2.02. The summed E-state index contributed by atoms with van der Waals surface area (Å²) in [5.74, 6) is 0.968. The van der Waals surface area contributed by atoms with Crippen LogP contribution in [0.1, 0.15) is 10.8 Å². The van der Waals surface area contributed by atoms with Gasteiger partial charge in [0, 0.05) is 4.88 Å². The van der Waals surface area contributed by atoms with Gasteiger partial charge >= 0.3 is 0 Å². The quantitative estimate of drug-likeness (QED) is 0.729. The third kappa shape index (κ3) is 1.53. The van der Waals surface area contributed by atoms with E-state index in [2.05, 4.69) is 15.0 Å². The summed E-state index contributed by atoms with van der Waals surface area (Å²) in [6.07, 6.45) is 2.03. The topological polar surface area (TPSA) is 77.8 Å². The van der Waals surface area contributed by atoms with Gasteiger partial charge in [-0.05, 0) is 11.4 Å². The molecule has 0 aliphatic carbocycles. The maximum absolute atomic E-state index is 5.67. The average Bonchev–Trinajstić information content (AvgIpc) is 2.88. The largest absolute Gasteiger partial charge is 0.422 e. The van der Waals surface area contributed by atoms with Crippen molar-refractivity contribution in [3.8, 4) is 0 Å². The lowest BCUT2D eigenvalue weighted by atomic mass is 10.3. The molecule has 0 saturated heterocycles. The molecule has 0 bridgehead atoms. The molecule has 0 aliphatic rings. The van der Waals surface area contributed by atoms with Crippen LogP contribution in [-0.4, -0.2) is 15.0 Å². The highest BCUT2D eigenvalue weighted by atomic mass is 32.1. The number of aromatic nitrogens is 3. The fourth-order valence-corrected chi connectivity index (χ4v) is 2.15. The molecule has 0 atom stereocenters. The smallest absolute Gasteiger partial charge is 0.252 e. The van der Waals surface area contributed by atoms with Crippen molar-refractivity contribution in [2.45, 2.75) is 6.42 Å². The molecule has 0 saturated carbocycles. The molecule has 0 unspecified atom stereocenters. The number of hydrogen-bond donors (Lipinski definition) is 1. The maximum Gasteiger partial charge on any atom is 0.252 e. The minimum atomic E-state index is 0.353. The number of hydrogen-bond acceptors (Lipinski definition) is 6. The maximum atomic E-state index is 5.67. The predicted octanol–water partition coefficient (Wildman–Crippen LogP) is 1.85. The Morgan fingerprint density at radius 2 is 2.31 bits per heavy atom. The monoisotopic (exact) mass is 232 g/mol. The number of fused-ring (bicyclic) bond motifs is 1. The first-order valence-electron chi connectivity index (χ1n) is 4.71. The van der Waals surface area contributed by atoms with Crippen LogP contribution in [0.2, 0.25) is 0 Å². The van der Waals surface area contributed by atoms with Crippen LogP contribution < -0.4 is 5.73 Å². The summed E-state index contributed by atoms with van der Waals surface area (Å²) in [5.41, 5.74) is 6.65. The lowest BCUT2D eigenvalue weighted by Crippen LogP contribution is -1.91. The minimum absolute atomic E-state index is 0.353. The van der Waals surface area contributed by atoms with E-state index in [1.165, 1.54) is 11.2 Å². The van der Waals surface area contributed by atoms with Crippen molar-refractivity contribution in [2.75, 3.05) is 5.73 Å². The molecule has 5 nitrogen and oxygen atoms in total. The highest BCUT2D eigenvalue weighted by Gasteiger charge is 2.10. The molecule has 3 aromatic rings. The Hall–Kier alpha value is -1.95. The standard InChI is InChI=1S/C10H8N4OS/c11-9-8-10(13-5-12-9)15-7(14-8)4-6-2-1-3-16-6/h1-3,5H,4H2,(H2,11,12,13). The van der Waals surface area contributed by atoms with Crippen molar-refractivity contribution in [1.29, 1.82) is 0 Å². The predicted molar refractivity (Wildman–Crippen MR) is 61.1 cm³/mol. The van der Waals surface area contributed by atoms with E-state index in [0.717, 1.165) is 0 Å². The van der Waals surface area contributed by atoms with Crippen LogP contribution in [0.15, 0.2) is 28.3 Å². The SMILES string of the molecule is Nc1ncnc2oc(Cc3cccs3)nc12. The number of nitrogens with two attached hydrogens (primary N) is 1. The summed E-state index contributed by atoms with van der Waals surface area (Å²) in [4.78, 5) is 13.3. The summed E-state index contributed by atoms with van der Waals surface area (Å²) >= 11 is 1.66. The van der Waals surface area contributed by atoms with Gasteiger partial charge in [0.15, 0.2) is 11.3 Å². The van der Waals surface area contributed by atoms with Crippen LogP contribution >= 0.6 is 11.3 Å². The molecule has 0 fully saturated rings. The van der Waals surface area contributed by atoms with E-state index >= 15 is 0 Å². The van der Waals surface area contributed by atoms with Gasteiger partial charge in [0.1, 0.15) is 6.33 Å². The van der Waals surface area contributed by atoms with Crippen molar-refractivity contribution < 1.29 is 4.42 Å². The van der Waals surface area contributed by atoms with Crippen molar-refractivity contribution in [1.82, 2.24) is 15.0 Å². The van der Waals surface area contributed by atoms with E-state index in [-0.39, 0.29) is 0 Å². The fraction of sp³-hybridized carbons (Fsp3) is 0.100. The lowest BCUT2D eigenvalue weighted by molar-refractivity contribution is 0.536. The van der Waals surface area contributed by atoms with Crippen LogP contribution in [0.5, 0.6) is 0 Å². The van der Waals surface area contributed by atoms with E-state index in [9.17, 15) is 0 Å². The highest BCUT2D eigenvalue weighted by molar-refractivity contribution is 7.09. The summed E-state index contributed by atoms with van der Waals surface area (Å²) in [6.45, 7) is 0. The van der Waals surface area contributed by atoms with Gasteiger partial charge in [0.2, 0.25) is 5.89 Å². The Morgan fingerprint density at radius 1 is 1.38 bits per heavy atom. The van der Waals surface area contributed by atoms with Crippen molar-refractivity contribution >= 4 is 28.4 Å². The van der Waals surface area contributed by atoms with Gasteiger partial charge in [-0.15, -0.1) is 11.3 Å². The van der Waals surface area contributed by atoms with Gasteiger partial charge in [-0.25, -0.2) is 9.97 Å². The molecule has 2 N–H and O–H groups in total. The van der Waals surface area contributed by atoms with Crippen LogP contribution in [0.4, 0.5) is 5.82 Å².